The molecule has 2 atom stereocenters. The topological polar surface area (TPSA) is 24.5 Å². The van der Waals surface area contributed by atoms with E-state index in [0.717, 1.165) is 18.8 Å². The van der Waals surface area contributed by atoms with Gasteiger partial charge in [-0.2, -0.15) is 0 Å². The van der Waals surface area contributed by atoms with Crippen LogP contribution in [0.2, 0.25) is 0 Å². The highest BCUT2D eigenvalue weighted by molar-refractivity contribution is 5.30. The molecule has 0 radical (unpaired) electrons. The molecule has 1 aromatic carbocycles. The number of nitrogens with zero attached hydrogens (tertiary/aromatic N) is 1. The fourth-order valence-corrected chi connectivity index (χ4v) is 3.27. The van der Waals surface area contributed by atoms with Gasteiger partial charge in [0.1, 0.15) is 5.75 Å². The van der Waals surface area contributed by atoms with Crippen molar-refractivity contribution in [3.63, 3.8) is 0 Å². The van der Waals surface area contributed by atoms with Gasteiger partial charge in [-0.3, -0.25) is 4.90 Å². The highest BCUT2D eigenvalue weighted by Gasteiger charge is 2.31. The van der Waals surface area contributed by atoms with Crippen LogP contribution in [0.4, 0.5) is 0 Å². The first kappa shape index (κ1) is 14.4. The standard InChI is InChI=1S/C16H26N2O/c1-4-18-11-5-6-14(12-17-2)16(18)13-7-9-15(19-3)10-8-13/h7-10,14,16-17H,4-6,11-12H2,1-3H3. The van der Waals surface area contributed by atoms with Crippen LogP contribution in [0.25, 0.3) is 0 Å². The molecule has 1 aliphatic rings. The Bertz CT molecular complexity index is 375. The monoisotopic (exact) mass is 262 g/mol. The van der Waals surface area contributed by atoms with Gasteiger partial charge in [0.25, 0.3) is 0 Å². The summed E-state index contributed by atoms with van der Waals surface area (Å²) in [5.41, 5.74) is 1.42. The van der Waals surface area contributed by atoms with E-state index < -0.39 is 0 Å². The number of nitrogens with one attached hydrogen (secondary N) is 1. The molecule has 0 spiro atoms. The van der Waals surface area contributed by atoms with Gasteiger partial charge in [-0.1, -0.05) is 19.1 Å². The maximum Gasteiger partial charge on any atom is 0.118 e. The van der Waals surface area contributed by atoms with Crippen molar-refractivity contribution >= 4 is 0 Å². The minimum atomic E-state index is 0.539. The summed E-state index contributed by atoms with van der Waals surface area (Å²) in [6.07, 6.45) is 2.63. The van der Waals surface area contributed by atoms with E-state index in [1.54, 1.807) is 7.11 Å². The largest absolute Gasteiger partial charge is 0.497 e. The fourth-order valence-electron chi connectivity index (χ4n) is 3.27. The average molecular weight is 262 g/mol. The Morgan fingerprint density at radius 3 is 2.63 bits per heavy atom. The zero-order valence-electron chi connectivity index (χ0n) is 12.4. The van der Waals surface area contributed by atoms with Crippen LogP contribution < -0.4 is 10.1 Å². The number of piperidine rings is 1. The first-order valence-electron chi connectivity index (χ1n) is 7.32. The highest BCUT2D eigenvalue weighted by atomic mass is 16.5. The third-order valence-electron chi connectivity index (χ3n) is 4.19. The SMILES string of the molecule is CCN1CCCC(CNC)C1c1ccc(OC)cc1. The molecule has 0 aromatic heterocycles. The Morgan fingerprint density at radius 1 is 1.32 bits per heavy atom. The van der Waals surface area contributed by atoms with Crippen molar-refractivity contribution in [2.24, 2.45) is 5.92 Å². The van der Waals surface area contributed by atoms with E-state index in [4.69, 9.17) is 4.74 Å². The van der Waals surface area contributed by atoms with Gasteiger partial charge in [0.2, 0.25) is 0 Å². The first-order valence-corrected chi connectivity index (χ1v) is 7.32. The van der Waals surface area contributed by atoms with Crippen LogP contribution in [0.1, 0.15) is 31.4 Å². The molecule has 3 nitrogen and oxygen atoms in total. The summed E-state index contributed by atoms with van der Waals surface area (Å²) >= 11 is 0. The highest BCUT2D eigenvalue weighted by Crippen LogP contribution is 2.36. The Kier molecular flexibility index (Phi) is 5.23. The quantitative estimate of drug-likeness (QED) is 0.883. The van der Waals surface area contributed by atoms with Crippen molar-refractivity contribution in [1.82, 2.24) is 10.2 Å². The Balaban J connectivity index is 2.22. The molecule has 1 aromatic rings. The molecule has 3 heteroatoms. The molecule has 0 bridgehead atoms. The van der Waals surface area contributed by atoms with E-state index in [1.165, 1.54) is 24.9 Å². The molecule has 0 aliphatic carbocycles. The van der Waals surface area contributed by atoms with Crippen molar-refractivity contribution in [3.8, 4) is 5.75 Å². The lowest BCUT2D eigenvalue weighted by Crippen LogP contribution is -2.41. The molecule has 2 unspecified atom stereocenters. The lowest BCUT2D eigenvalue weighted by atomic mass is 9.84. The molecule has 0 amide bonds. The van der Waals surface area contributed by atoms with Gasteiger partial charge in [-0.15, -0.1) is 0 Å². The smallest absolute Gasteiger partial charge is 0.118 e. The molecule has 0 saturated carbocycles. The molecular weight excluding hydrogens is 236 g/mol. The van der Waals surface area contributed by atoms with Crippen LogP contribution in [0.15, 0.2) is 24.3 Å². The van der Waals surface area contributed by atoms with Crippen LogP contribution in [0.3, 0.4) is 0 Å². The summed E-state index contributed by atoms with van der Waals surface area (Å²) < 4.78 is 5.26. The molecule has 1 fully saturated rings. The summed E-state index contributed by atoms with van der Waals surface area (Å²) in [4.78, 5) is 2.60. The molecular formula is C16H26N2O. The third kappa shape index (κ3) is 3.28. The molecule has 106 valence electrons. The number of likely N-dealkylation sites (tertiary alicyclic amines) is 1. The van der Waals surface area contributed by atoms with Gasteiger partial charge in [-0.25, -0.2) is 0 Å². The zero-order chi connectivity index (χ0) is 13.7. The number of hydrogen-bond donors (Lipinski definition) is 1. The van der Waals surface area contributed by atoms with E-state index in [9.17, 15) is 0 Å². The van der Waals surface area contributed by atoms with Crippen molar-refractivity contribution in [2.75, 3.05) is 33.8 Å². The predicted molar refractivity (Wildman–Crippen MR) is 79.6 cm³/mol. The summed E-state index contributed by atoms with van der Waals surface area (Å²) in [7, 11) is 3.77. The van der Waals surface area contributed by atoms with Gasteiger partial charge >= 0.3 is 0 Å². The molecule has 1 saturated heterocycles. The third-order valence-corrected chi connectivity index (χ3v) is 4.19. The van der Waals surface area contributed by atoms with Crippen LogP contribution in [0.5, 0.6) is 5.75 Å². The maximum absolute atomic E-state index is 5.26. The van der Waals surface area contributed by atoms with Crippen LogP contribution in [0, 0.1) is 5.92 Å². The first-order chi connectivity index (χ1) is 9.30. The van der Waals surface area contributed by atoms with Gasteiger partial charge in [0.15, 0.2) is 0 Å². The van der Waals surface area contributed by atoms with Gasteiger partial charge < -0.3 is 10.1 Å². The normalized spacial score (nSPS) is 24.4. The average Bonchev–Trinajstić information content (AvgIpc) is 2.47. The summed E-state index contributed by atoms with van der Waals surface area (Å²) in [6, 6.07) is 9.14. The Labute approximate surface area is 116 Å². The van der Waals surface area contributed by atoms with Crippen LogP contribution >= 0.6 is 0 Å². The van der Waals surface area contributed by atoms with Crippen LogP contribution in [-0.2, 0) is 0 Å². The summed E-state index contributed by atoms with van der Waals surface area (Å²) in [5.74, 6) is 1.64. The minimum Gasteiger partial charge on any atom is -0.497 e. The lowest BCUT2D eigenvalue weighted by molar-refractivity contribution is 0.0982. The predicted octanol–water partition coefficient (Wildman–Crippen LogP) is 2.69. The van der Waals surface area contributed by atoms with E-state index in [0.29, 0.717) is 12.0 Å². The minimum absolute atomic E-state index is 0.539. The number of hydrogen-bond acceptors (Lipinski definition) is 3. The number of ether oxygens (including phenoxy) is 1. The Morgan fingerprint density at radius 2 is 2.05 bits per heavy atom. The van der Waals surface area contributed by atoms with Crippen molar-refractivity contribution < 1.29 is 4.74 Å². The fraction of sp³-hybridized carbons (Fsp3) is 0.625. The van der Waals surface area contributed by atoms with Gasteiger partial charge in [-0.05, 0) is 63.1 Å². The lowest BCUT2D eigenvalue weighted by Gasteiger charge is -2.41. The molecule has 1 aliphatic heterocycles. The van der Waals surface area contributed by atoms with E-state index in [2.05, 4.69) is 48.5 Å². The number of rotatable bonds is 5. The second-order valence-corrected chi connectivity index (χ2v) is 5.31. The van der Waals surface area contributed by atoms with Crippen molar-refractivity contribution in [3.05, 3.63) is 29.8 Å². The van der Waals surface area contributed by atoms with Gasteiger partial charge in [0, 0.05) is 6.04 Å². The Hall–Kier alpha value is -1.06. The number of benzene rings is 1. The van der Waals surface area contributed by atoms with E-state index in [1.807, 2.05) is 0 Å². The molecule has 2 rings (SSSR count). The maximum atomic E-state index is 5.26. The van der Waals surface area contributed by atoms with Crippen LogP contribution in [-0.4, -0.2) is 38.7 Å². The molecule has 1 heterocycles. The van der Waals surface area contributed by atoms with Gasteiger partial charge in [0.05, 0.1) is 7.11 Å². The second-order valence-electron chi connectivity index (χ2n) is 5.31. The van der Waals surface area contributed by atoms with E-state index >= 15 is 0 Å². The zero-order valence-corrected chi connectivity index (χ0v) is 12.4. The second kappa shape index (κ2) is 6.92. The number of methoxy groups -OCH3 is 1. The molecule has 19 heavy (non-hydrogen) atoms. The van der Waals surface area contributed by atoms with Crippen molar-refractivity contribution in [1.29, 1.82) is 0 Å². The summed E-state index contributed by atoms with van der Waals surface area (Å²) in [5, 5.41) is 3.35. The van der Waals surface area contributed by atoms with Crippen molar-refractivity contribution in [2.45, 2.75) is 25.8 Å². The summed E-state index contributed by atoms with van der Waals surface area (Å²) in [6.45, 7) is 5.69. The molecule has 1 N–H and O–H groups in total. The van der Waals surface area contributed by atoms with E-state index in [-0.39, 0.29) is 0 Å².